The first-order valence-corrected chi connectivity index (χ1v) is 8.25. The molecule has 1 aromatic rings. The number of hydrogen-bond donors (Lipinski definition) is 0. The fraction of sp³-hybridized carbons (Fsp3) is 0.500. The average molecular weight is 279 g/mol. The quantitative estimate of drug-likeness (QED) is 0.835. The molecular weight excluding hydrogens is 262 g/mol. The lowest BCUT2D eigenvalue weighted by atomic mass is 10.0. The molecule has 0 aromatic heterocycles. The third-order valence-electron chi connectivity index (χ3n) is 4.05. The molecule has 1 aliphatic carbocycles. The second-order valence-electron chi connectivity index (χ2n) is 5.21. The fourth-order valence-corrected chi connectivity index (χ4v) is 5.08. The molecule has 1 aliphatic heterocycles. The van der Waals surface area contributed by atoms with Crippen LogP contribution < -0.4 is 4.31 Å². The molecule has 0 spiro atoms. The molecule has 1 aromatic carbocycles. The van der Waals surface area contributed by atoms with Crippen LogP contribution in [0.4, 0.5) is 5.69 Å². The normalized spacial score (nSPS) is 20.6. The van der Waals surface area contributed by atoms with Gasteiger partial charge in [0.2, 0.25) is 10.0 Å². The maximum absolute atomic E-state index is 12.7. The zero-order chi connectivity index (χ0) is 13.5. The lowest BCUT2D eigenvalue weighted by Gasteiger charge is -2.31. The molecular formula is C14H17NO3S. The summed E-state index contributed by atoms with van der Waals surface area (Å²) in [6.07, 6.45) is 3.74. The Bertz CT molecular complexity index is 603. The molecule has 3 rings (SSSR count). The number of Topliss-reactive ketones (excluding diaryl/α,β-unsaturated/α-hetero) is 1. The Kier molecular flexibility index (Phi) is 3.09. The summed E-state index contributed by atoms with van der Waals surface area (Å²) < 4.78 is 26.8. The molecule has 1 heterocycles. The number of rotatable bonds is 2. The molecule has 0 saturated heterocycles. The largest absolute Gasteiger partial charge is 0.294 e. The Morgan fingerprint density at radius 1 is 1.11 bits per heavy atom. The van der Waals surface area contributed by atoms with E-state index >= 15 is 0 Å². The minimum absolute atomic E-state index is 0.0356. The minimum atomic E-state index is -3.32. The van der Waals surface area contributed by atoms with E-state index in [1.54, 1.807) is 24.3 Å². The summed E-state index contributed by atoms with van der Waals surface area (Å²) in [4.78, 5) is 11.9. The van der Waals surface area contributed by atoms with Crippen molar-refractivity contribution in [3.63, 3.8) is 0 Å². The summed E-state index contributed by atoms with van der Waals surface area (Å²) in [5.74, 6) is 0.0356. The van der Waals surface area contributed by atoms with Crippen LogP contribution in [-0.2, 0) is 10.0 Å². The number of sulfonamides is 1. The summed E-state index contributed by atoms with van der Waals surface area (Å²) in [6, 6.07) is 7.02. The highest BCUT2D eigenvalue weighted by atomic mass is 32.2. The van der Waals surface area contributed by atoms with Crippen molar-refractivity contribution in [2.45, 2.75) is 37.4 Å². The molecule has 102 valence electrons. The van der Waals surface area contributed by atoms with Crippen LogP contribution in [0.3, 0.4) is 0 Å². The number of fused-ring (bicyclic) bond motifs is 1. The topological polar surface area (TPSA) is 54.5 Å². The molecule has 19 heavy (non-hydrogen) atoms. The van der Waals surface area contributed by atoms with Crippen molar-refractivity contribution >= 4 is 21.5 Å². The molecule has 0 N–H and O–H groups in total. The summed E-state index contributed by atoms with van der Waals surface area (Å²) in [6.45, 7) is 0.286. The first kappa shape index (κ1) is 12.7. The van der Waals surface area contributed by atoms with E-state index in [1.807, 2.05) is 0 Å². The van der Waals surface area contributed by atoms with Crippen LogP contribution in [-0.4, -0.2) is 26.0 Å². The van der Waals surface area contributed by atoms with Gasteiger partial charge in [-0.2, -0.15) is 0 Å². The molecule has 0 atom stereocenters. The first-order chi connectivity index (χ1) is 9.10. The van der Waals surface area contributed by atoms with Gasteiger partial charge in [-0.3, -0.25) is 9.10 Å². The number of para-hydroxylation sites is 1. The van der Waals surface area contributed by atoms with Crippen molar-refractivity contribution < 1.29 is 13.2 Å². The zero-order valence-electron chi connectivity index (χ0n) is 10.7. The number of ketones is 1. The van der Waals surface area contributed by atoms with Gasteiger partial charge in [0.1, 0.15) is 0 Å². The second-order valence-corrected chi connectivity index (χ2v) is 7.35. The number of carbonyl (C=O) groups is 1. The minimum Gasteiger partial charge on any atom is -0.294 e. The molecule has 4 nitrogen and oxygen atoms in total. The molecule has 0 amide bonds. The summed E-state index contributed by atoms with van der Waals surface area (Å²) >= 11 is 0. The molecule has 5 heteroatoms. The zero-order valence-corrected chi connectivity index (χ0v) is 11.5. The molecule has 0 bridgehead atoms. The number of nitrogens with zero attached hydrogens (tertiary/aromatic N) is 1. The van der Waals surface area contributed by atoms with Crippen LogP contribution in [0.1, 0.15) is 42.5 Å². The van der Waals surface area contributed by atoms with E-state index in [2.05, 4.69) is 0 Å². The molecule has 1 saturated carbocycles. The molecule has 1 fully saturated rings. The predicted octanol–water partition coefficient (Wildman–Crippen LogP) is 2.35. The van der Waals surface area contributed by atoms with Gasteiger partial charge in [-0.15, -0.1) is 0 Å². The second kappa shape index (κ2) is 4.63. The highest BCUT2D eigenvalue weighted by molar-refractivity contribution is 7.93. The Labute approximate surface area is 113 Å². The van der Waals surface area contributed by atoms with Crippen LogP contribution in [0.15, 0.2) is 24.3 Å². The molecule has 0 unspecified atom stereocenters. The van der Waals surface area contributed by atoms with Gasteiger partial charge in [0.25, 0.3) is 0 Å². The Hall–Kier alpha value is -1.36. The van der Waals surface area contributed by atoms with E-state index in [9.17, 15) is 13.2 Å². The smallest absolute Gasteiger partial charge is 0.238 e. The number of benzene rings is 1. The van der Waals surface area contributed by atoms with E-state index in [1.165, 1.54) is 4.31 Å². The SMILES string of the molecule is O=C1CCN(S(=O)(=O)C2CCCC2)c2ccccc21. The van der Waals surface area contributed by atoms with E-state index < -0.39 is 10.0 Å². The van der Waals surface area contributed by atoms with Crippen LogP contribution in [0.5, 0.6) is 0 Å². The van der Waals surface area contributed by atoms with E-state index in [0.29, 0.717) is 11.3 Å². The van der Waals surface area contributed by atoms with E-state index in [0.717, 1.165) is 25.7 Å². The van der Waals surface area contributed by atoms with Gasteiger partial charge in [-0.05, 0) is 25.0 Å². The van der Waals surface area contributed by atoms with Gasteiger partial charge < -0.3 is 0 Å². The van der Waals surface area contributed by atoms with Crippen LogP contribution in [0.2, 0.25) is 0 Å². The van der Waals surface area contributed by atoms with E-state index in [4.69, 9.17) is 0 Å². The highest BCUT2D eigenvalue weighted by Crippen LogP contribution is 2.34. The third-order valence-corrected chi connectivity index (χ3v) is 6.35. The van der Waals surface area contributed by atoms with Gasteiger partial charge in [0.05, 0.1) is 10.9 Å². The Morgan fingerprint density at radius 2 is 1.79 bits per heavy atom. The Balaban J connectivity index is 2.03. The number of anilines is 1. The van der Waals surface area contributed by atoms with Gasteiger partial charge in [0.15, 0.2) is 5.78 Å². The maximum atomic E-state index is 12.7. The lowest BCUT2D eigenvalue weighted by molar-refractivity contribution is 0.0982. The predicted molar refractivity (Wildman–Crippen MR) is 73.9 cm³/mol. The lowest BCUT2D eigenvalue weighted by Crippen LogP contribution is -2.42. The van der Waals surface area contributed by atoms with Gasteiger partial charge in [-0.25, -0.2) is 8.42 Å². The van der Waals surface area contributed by atoms with Crippen LogP contribution in [0, 0.1) is 0 Å². The van der Waals surface area contributed by atoms with Gasteiger partial charge >= 0.3 is 0 Å². The Morgan fingerprint density at radius 3 is 2.53 bits per heavy atom. The summed E-state index contributed by atoms with van der Waals surface area (Å²) in [5, 5.41) is -0.270. The van der Waals surface area contributed by atoms with Gasteiger partial charge in [-0.1, -0.05) is 25.0 Å². The monoisotopic (exact) mass is 279 g/mol. The fourth-order valence-electron chi connectivity index (χ4n) is 3.02. The standard InChI is InChI=1S/C14H17NO3S/c16-14-9-10-15(13-8-4-3-7-12(13)14)19(17,18)11-5-1-2-6-11/h3-4,7-8,11H,1-2,5-6,9-10H2. The van der Waals surface area contributed by atoms with Crippen molar-refractivity contribution in [2.24, 2.45) is 0 Å². The summed E-state index contributed by atoms with van der Waals surface area (Å²) in [5.41, 5.74) is 1.10. The van der Waals surface area contributed by atoms with Crippen molar-refractivity contribution in [1.82, 2.24) is 0 Å². The van der Waals surface area contributed by atoms with Gasteiger partial charge in [0, 0.05) is 18.5 Å². The van der Waals surface area contributed by atoms with Crippen LogP contribution >= 0.6 is 0 Å². The van der Waals surface area contributed by atoms with Crippen molar-refractivity contribution in [3.05, 3.63) is 29.8 Å². The summed E-state index contributed by atoms with van der Waals surface area (Å²) in [7, 11) is -3.32. The van der Waals surface area contributed by atoms with Crippen molar-refractivity contribution in [1.29, 1.82) is 0 Å². The van der Waals surface area contributed by atoms with Crippen molar-refractivity contribution in [3.8, 4) is 0 Å². The molecule has 2 aliphatic rings. The number of carbonyl (C=O) groups excluding carboxylic acids is 1. The average Bonchev–Trinajstić information content (AvgIpc) is 2.94. The van der Waals surface area contributed by atoms with Crippen LogP contribution in [0.25, 0.3) is 0 Å². The third kappa shape index (κ3) is 2.06. The van der Waals surface area contributed by atoms with E-state index in [-0.39, 0.29) is 24.0 Å². The first-order valence-electron chi connectivity index (χ1n) is 6.74. The maximum Gasteiger partial charge on any atom is 0.238 e. The highest BCUT2D eigenvalue weighted by Gasteiger charge is 2.37. The number of hydrogen-bond acceptors (Lipinski definition) is 3. The van der Waals surface area contributed by atoms with Crippen molar-refractivity contribution in [2.75, 3.05) is 10.8 Å². The molecule has 0 radical (unpaired) electrons.